The summed E-state index contributed by atoms with van der Waals surface area (Å²) >= 11 is 0. The van der Waals surface area contributed by atoms with E-state index in [4.69, 9.17) is 4.74 Å². The van der Waals surface area contributed by atoms with Gasteiger partial charge in [0.15, 0.2) is 9.84 Å². The monoisotopic (exact) mass is 285 g/mol. The molecule has 0 aliphatic heterocycles. The van der Waals surface area contributed by atoms with Crippen LogP contribution in [-0.4, -0.2) is 41.0 Å². The van der Waals surface area contributed by atoms with Gasteiger partial charge in [-0.2, -0.15) is 0 Å². The van der Waals surface area contributed by atoms with Gasteiger partial charge in [0, 0.05) is 13.2 Å². The molecule has 5 heteroatoms. The van der Waals surface area contributed by atoms with Crippen molar-refractivity contribution in [1.82, 2.24) is 5.32 Å². The highest BCUT2D eigenvalue weighted by Gasteiger charge is 2.19. The van der Waals surface area contributed by atoms with E-state index in [1.54, 1.807) is 19.2 Å². The van der Waals surface area contributed by atoms with Gasteiger partial charge in [0.2, 0.25) is 0 Å². The van der Waals surface area contributed by atoms with Crippen LogP contribution in [0.15, 0.2) is 29.2 Å². The highest BCUT2D eigenvalue weighted by molar-refractivity contribution is 7.91. The Morgan fingerprint density at radius 3 is 2.58 bits per heavy atom. The molecule has 0 heterocycles. The zero-order valence-corrected chi connectivity index (χ0v) is 12.7. The fraction of sp³-hybridized carbons (Fsp3) is 0.571. The lowest BCUT2D eigenvalue weighted by Crippen LogP contribution is -2.32. The number of sulfone groups is 1. The number of methoxy groups -OCH3 is 1. The molecule has 4 nitrogen and oxygen atoms in total. The van der Waals surface area contributed by atoms with E-state index >= 15 is 0 Å². The Morgan fingerprint density at radius 1 is 1.32 bits per heavy atom. The van der Waals surface area contributed by atoms with Gasteiger partial charge >= 0.3 is 0 Å². The summed E-state index contributed by atoms with van der Waals surface area (Å²) in [6.45, 7) is 2.43. The van der Waals surface area contributed by atoms with E-state index in [0.717, 1.165) is 5.56 Å². The molecule has 19 heavy (non-hydrogen) atoms. The third kappa shape index (κ3) is 4.60. The first-order valence-corrected chi connectivity index (χ1v) is 8.17. The maximum absolute atomic E-state index is 12.2. The van der Waals surface area contributed by atoms with Gasteiger partial charge in [-0.3, -0.25) is 0 Å². The van der Waals surface area contributed by atoms with Crippen molar-refractivity contribution >= 4 is 9.84 Å². The third-order valence-corrected chi connectivity index (χ3v) is 5.04. The topological polar surface area (TPSA) is 55.4 Å². The van der Waals surface area contributed by atoms with Crippen molar-refractivity contribution in [1.29, 1.82) is 0 Å². The molecule has 0 fully saturated rings. The minimum Gasteiger partial charge on any atom is -0.383 e. The Morgan fingerprint density at radius 2 is 2.00 bits per heavy atom. The van der Waals surface area contributed by atoms with E-state index in [1.165, 1.54) is 0 Å². The quantitative estimate of drug-likeness (QED) is 0.789. The van der Waals surface area contributed by atoms with Crippen LogP contribution in [0.3, 0.4) is 0 Å². The second-order valence-electron chi connectivity index (χ2n) is 4.57. The summed E-state index contributed by atoms with van der Waals surface area (Å²) in [7, 11) is 0.319. The smallest absolute Gasteiger partial charge is 0.178 e. The number of benzene rings is 1. The molecule has 1 aromatic carbocycles. The summed E-state index contributed by atoms with van der Waals surface area (Å²) < 4.78 is 29.6. The van der Waals surface area contributed by atoms with Crippen LogP contribution in [0.5, 0.6) is 0 Å². The zero-order chi connectivity index (χ0) is 14.3. The average Bonchev–Trinajstić information content (AvgIpc) is 2.38. The Hall–Kier alpha value is -0.910. The van der Waals surface area contributed by atoms with Crippen LogP contribution in [0.1, 0.15) is 18.9 Å². The highest BCUT2D eigenvalue weighted by atomic mass is 32.2. The van der Waals surface area contributed by atoms with Gasteiger partial charge in [0.25, 0.3) is 0 Å². The molecule has 0 radical (unpaired) electrons. The lowest BCUT2D eigenvalue weighted by molar-refractivity contribution is 0.169. The molecule has 1 atom stereocenters. The van der Waals surface area contributed by atoms with Crippen molar-refractivity contribution < 1.29 is 13.2 Å². The van der Waals surface area contributed by atoms with Crippen molar-refractivity contribution in [2.45, 2.75) is 30.7 Å². The van der Waals surface area contributed by atoms with Gasteiger partial charge in [-0.1, -0.05) is 25.1 Å². The summed E-state index contributed by atoms with van der Waals surface area (Å²) in [6, 6.07) is 7.34. The molecule has 0 aromatic heterocycles. The molecule has 108 valence electrons. The number of likely N-dealkylation sites (N-methyl/N-ethyl adjacent to an activating group) is 1. The predicted molar refractivity (Wildman–Crippen MR) is 77.2 cm³/mol. The van der Waals surface area contributed by atoms with Crippen molar-refractivity contribution in [3.8, 4) is 0 Å². The minimum atomic E-state index is -3.18. The van der Waals surface area contributed by atoms with Crippen molar-refractivity contribution in [2.24, 2.45) is 0 Å². The Kier molecular flexibility index (Phi) is 6.48. The molecule has 0 saturated carbocycles. The summed E-state index contributed by atoms with van der Waals surface area (Å²) in [5.74, 6) is 0.193. The van der Waals surface area contributed by atoms with Crippen LogP contribution in [0, 0.1) is 0 Å². The SMILES string of the molecule is CCCS(=O)(=O)c1ccccc1CC(COC)NC. The molecule has 1 rings (SSSR count). The third-order valence-electron chi connectivity index (χ3n) is 3.02. The van der Waals surface area contributed by atoms with Gasteiger partial charge < -0.3 is 10.1 Å². The molecule has 0 aliphatic carbocycles. The molecular weight excluding hydrogens is 262 g/mol. The first-order chi connectivity index (χ1) is 9.05. The van der Waals surface area contributed by atoms with Crippen LogP contribution >= 0.6 is 0 Å². The maximum Gasteiger partial charge on any atom is 0.178 e. The van der Waals surface area contributed by atoms with Crippen LogP contribution in [-0.2, 0) is 21.0 Å². The summed E-state index contributed by atoms with van der Waals surface area (Å²) in [6.07, 6.45) is 1.27. The molecule has 1 unspecified atom stereocenters. The lowest BCUT2D eigenvalue weighted by atomic mass is 10.1. The van der Waals surface area contributed by atoms with E-state index < -0.39 is 9.84 Å². The number of hydrogen-bond donors (Lipinski definition) is 1. The molecule has 1 N–H and O–H groups in total. The Bertz CT molecular complexity index is 485. The van der Waals surface area contributed by atoms with Crippen LogP contribution < -0.4 is 5.32 Å². The summed E-state index contributed by atoms with van der Waals surface area (Å²) in [5.41, 5.74) is 0.854. The van der Waals surface area contributed by atoms with E-state index in [9.17, 15) is 8.42 Å². The second kappa shape index (κ2) is 7.62. The maximum atomic E-state index is 12.2. The average molecular weight is 285 g/mol. The van der Waals surface area contributed by atoms with Crippen molar-refractivity contribution in [3.05, 3.63) is 29.8 Å². The first kappa shape index (κ1) is 16.1. The van der Waals surface area contributed by atoms with Crippen LogP contribution in [0.4, 0.5) is 0 Å². The van der Waals surface area contributed by atoms with Gasteiger partial charge in [0.1, 0.15) is 0 Å². The van der Waals surface area contributed by atoms with Gasteiger partial charge in [-0.15, -0.1) is 0 Å². The van der Waals surface area contributed by atoms with Crippen molar-refractivity contribution in [3.63, 3.8) is 0 Å². The fourth-order valence-corrected chi connectivity index (χ4v) is 3.66. The lowest BCUT2D eigenvalue weighted by Gasteiger charge is -2.17. The van der Waals surface area contributed by atoms with Crippen molar-refractivity contribution in [2.75, 3.05) is 26.5 Å². The largest absolute Gasteiger partial charge is 0.383 e. The van der Waals surface area contributed by atoms with E-state index in [0.29, 0.717) is 24.3 Å². The normalized spacial score (nSPS) is 13.4. The molecule has 0 saturated heterocycles. The molecule has 0 spiro atoms. The van der Waals surface area contributed by atoms with E-state index in [2.05, 4.69) is 5.32 Å². The van der Waals surface area contributed by atoms with Gasteiger partial charge in [0.05, 0.1) is 17.3 Å². The fourth-order valence-electron chi connectivity index (χ4n) is 2.07. The molecule has 0 bridgehead atoms. The zero-order valence-electron chi connectivity index (χ0n) is 11.8. The summed E-state index contributed by atoms with van der Waals surface area (Å²) in [4.78, 5) is 0.452. The molecule has 0 amide bonds. The number of hydrogen-bond acceptors (Lipinski definition) is 4. The van der Waals surface area contributed by atoms with Crippen LogP contribution in [0.2, 0.25) is 0 Å². The molecule has 1 aromatic rings. The minimum absolute atomic E-state index is 0.114. The van der Waals surface area contributed by atoms with E-state index in [-0.39, 0.29) is 11.8 Å². The van der Waals surface area contributed by atoms with Gasteiger partial charge in [-0.05, 0) is 31.5 Å². The molecule has 0 aliphatic rings. The Labute approximate surface area is 116 Å². The Balaban J connectivity index is 3.02. The highest BCUT2D eigenvalue weighted by Crippen LogP contribution is 2.19. The number of ether oxygens (including phenoxy) is 1. The number of rotatable bonds is 8. The van der Waals surface area contributed by atoms with Crippen LogP contribution in [0.25, 0.3) is 0 Å². The first-order valence-electron chi connectivity index (χ1n) is 6.52. The standard InChI is InChI=1S/C14H23NO3S/c1-4-9-19(16,17)14-8-6-5-7-12(14)10-13(15-2)11-18-3/h5-8,13,15H,4,9-11H2,1-3H3. The summed E-state index contributed by atoms with van der Waals surface area (Å²) in [5, 5.41) is 3.14. The predicted octanol–water partition coefficient (Wildman–Crippen LogP) is 1.65. The number of nitrogens with one attached hydrogen (secondary N) is 1. The van der Waals surface area contributed by atoms with Gasteiger partial charge in [-0.25, -0.2) is 8.42 Å². The molecular formula is C14H23NO3S. The van der Waals surface area contributed by atoms with E-state index in [1.807, 2.05) is 26.1 Å². The second-order valence-corrected chi connectivity index (χ2v) is 6.65.